The molecule has 0 saturated carbocycles. The van der Waals surface area contributed by atoms with Gasteiger partial charge in [-0.2, -0.15) is 0 Å². The topological polar surface area (TPSA) is 121 Å². The van der Waals surface area contributed by atoms with Crippen LogP contribution in [-0.2, 0) is 21.2 Å². The Hall–Kier alpha value is -2.67. The zero-order chi connectivity index (χ0) is 22.1. The second kappa shape index (κ2) is 8.60. The molecule has 0 unspecified atom stereocenters. The van der Waals surface area contributed by atoms with Crippen molar-refractivity contribution in [1.29, 1.82) is 0 Å². The number of hydrogen-bond acceptors (Lipinski definition) is 6. The van der Waals surface area contributed by atoms with E-state index in [2.05, 4.69) is 5.32 Å². The van der Waals surface area contributed by atoms with Gasteiger partial charge in [0.15, 0.2) is 5.75 Å². The lowest BCUT2D eigenvalue weighted by atomic mass is 10.1. The second-order valence-corrected chi connectivity index (χ2v) is 9.19. The van der Waals surface area contributed by atoms with Crippen LogP contribution < -0.4 is 10.1 Å². The van der Waals surface area contributed by atoms with Gasteiger partial charge in [0.25, 0.3) is 10.0 Å². The average molecular weight is 543 g/mol. The lowest BCUT2D eigenvalue weighted by Crippen LogP contribution is -2.22. The van der Waals surface area contributed by atoms with Crippen LogP contribution in [0, 0.1) is 13.8 Å². The molecule has 0 aliphatic rings. The highest BCUT2D eigenvalue weighted by Gasteiger charge is 2.29. The van der Waals surface area contributed by atoms with Gasteiger partial charge in [0.2, 0.25) is 5.91 Å². The van der Waals surface area contributed by atoms with E-state index in [1.54, 1.807) is 18.2 Å². The van der Waals surface area contributed by atoms with E-state index in [0.29, 0.717) is 21.1 Å². The molecule has 0 aliphatic heterocycles. The van der Waals surface area contributed by atoms with Crippen molar-refractivity contribution in [2.24, 2.45) is 0 Å². The number of amides is 1. The van der Waals surface area contributed by atoms with Gasteiger partial charge in [-0.25, -0.2) is 12.4 Å². The van der Waals surface area contributed by atoms with Crippen molar-refractivity contribution in [3.63, 3.8) is 0 Å². The molecular formula is C19H18IN3O6S. The molecule has 0 saturated heterocycles. The summed E-state index contributed by atoms with van der Waals surface area (Å²) in [5, 5.41) is 14.7. The fourth-order valence-corrected chi connectivity index (χ4v) is 6.19. The van der Waals surface area contributed by atoms with Crippen molar-refractivity contribution in [2.75, 3.05) is 13.7 Å². The van der Waals surface area contributed by atoms with E-state index < -0.39 is 14.9 Å². The first-order valence-corrected chi connectivity index (χ1v) is 11.3. The maximum Gasteiger partial charge on any atom is 0.313 e. The third-order valence-corrected chi connectivity index (χ3v) is 7.68. The zero-order valence-electron chi connectivity index (χ0n) is 16.1. The van der Waals surface area contributed by atoms with Crippen molar-refractivity contribution < 1.29 is 22.9 Å². The van der Waals surface area contributed by atoms with E-state index in [4.69, 9.17) is 4.74 Å². The molecule has 158 valence electrons. The van der Waals surface area contributed by atoms with Gasteiger partial charge in [-0.15, -0.1) is 0 Å². The Morgan fingerprint density at radius 1 is 1.27 bits per heavy atom. The number of nitrogens with one attached hydrogen (secondary N) is 1. The minimum Gasteiger partial charge on any atom is -0.490 e. The third kappa shape index (κ3) is 3.99. The fourth-order valence-electron chi connectivity index (χ4n) is 3.15. The number of carbonyl (C=O) groups is 1. The molecule has 0 atom stereocenters. The average Bonchev–Trinajstić information content (AvgIpc) is 2.98. The molecule has 0 spiro atoms. The highest BCUT2D eigenvalue weighted by molar-refractivity contribution is 14.1. The van der Waals surface area contributed by atoms with E-state index in [-0.39, 0.29) is 34.3 Å². The van der Waals surface area contributed by atoms with Gasteiger partial charge in [-0.1, -0.05) is 18.2 Å². The maximum absolute atomic E-state index is 13.4. The van der Waals surface area contributed by atoms with Gasteiger partial charge in [0.05, 0.1) is 26.1 Å². The fraction of sp³-hybridized carbons (Fsp3) is 0.211. The SMILES string of the molecule is COc1cc2c(CCNC(C)=O)c(I)n(S(=O)(=O)c3ccccc3)c2cc1[N+](=O)[O-]. The number of hydrogen-bond donors (Lipinski definition) is 1. The lowest BCUT2D eigenvalue weighted by Gasteiger charge is -2.10. The van der Waals surface area contributed by atoms with Crippen LogP contribution in [0.25, 0.3) is 10.9 Å². The van der Waals surface area contributed by atoms with Crippen molar-refractivity contribution >= 4 is 55.1 Å². The van der Waals surface area contributed by atoms with Crippen LogP contribution in [0.5, 0.6) is 5.75 Å². The van der Waals surface area contributed by atoms with E-state index in [1.165, 1.54) is 38.3 Å². The Morgan fingerprint density at radius 2 is 1.93 bits per heavy atom. The van der Waals surface area contributed by atoms with Crippen molar-refractivity contribution in [3.05, 3.63) is 61.8 Å². The Morgan fingerprint density at radius 3 is 2.50 bits per heavy atom. The highest BCUT2D eigenvalue weighted by atomic mass is 127. The van der Waals surface area contributed by atoms with E-state index in [9.17, 15) is 23.3 Å². The lowest BCUT2D eigenvalue weighted by molar-refractivity contribution is -0.385. The standard InChI is InChI=1S/C19H18IN3O6S/c1-12(24)21-9-8-14-15-10-18(29-2)17(23(25)26)11-16(15)22(19(14)20)30(27,28)13-6-4-3-5-7-13/h3-7,10-11H,8-9H2,1-2H3,(H,21,24). The van der Waals surface area contributed by atoms with Crippen LogP contribution in [0.2, 0.25) is 0 Å². The molecule has 1 N–H and O–H groups in total. The number of rotatable bonds is 7. The number of carbonyl (C=O) groups excluding carboxylic acids is 1. The smallest absolute Gasteiger partial charge is 0.313 e. The molecule has 2 aromatic carbocycles. The zero-order valence-corrected chi connectivity index (χ0v) is 19.1. The van der Waals surface area contributed by atoms with Gasteiger partial charge in [-0.05, 0) is 52.8 Å². The second-order valence-electron chi connectivity index (χ2n) is 6.38. The Bertz CT molecular complexity index is 1240. The monoisotopic (exact) mass is 543 g/mol. The van der Waals surface area contributed by atoms with Crippen LogP contribution in [-0.4, -0.2) is 36.9 Å². The number of methoxy groups -OCH3 is 1. The molecule has 0 fully saturated rings. The Balaban J connectivity index is 2.33. The van der Waals surface area contributed by atoms with Gasteiger partial charge < -0.3 is 10.1 Å². The van der Waals surface area contributed by atoms with Crippen molar-refractivity contribution in [1.82, 2.24) is 9.29 Å². The van der Waals surface area contributed by atoms with Crippen molar-refractivity contribution in [3.8, 4) is 5.75 Å². The summed E-state index contributed by atoms with van der Waals surface area (Å²) in [6, 6.07) is 10.5. The number of halogens is 1. The van der Waals surface area contributed by atoms with Gasteiger partial charge in [0.1, 0.15) is 0 Å². The van der Waals surface area contributed by atoms with Gasteiger partial charge >= 0.3 is 5.69 Å². The number of nitro groups is 1. The van der Waals surface area contributed by atoms with Crippen LogP contribution >= 0.6 is 22.6 Å². The first kappa shape index (κ1) is 22.0. The molecule has 11 heteroatoms. The molecule has 1 aromatic heterocycles. The Kier molecular flexibility index (Phi) is 6.31. The summed E-state index contributed by atoms with van der Waals surface area (Å²) < 4.78 is 33.4. The highest BCUT2D eigenvalue weighted by Crippen LogP contribution is 2.38. The molecule has 0 bridgehead atoms. The molecule has 9 nitrogen and oxygen atoms in total. The number of fused-ring (bicyclic) bond motifs is 1. The first-order valence-electron chi connectivity index (χ1n) is 8.78. The molecule has 3 rings (SSSR count). The van der Waals surface area contributed by atoms with Crippen LogP contribution in [0.4, 0.5) is 5.69 Å². The number of ether oxygens (including phenoxy) is 1. The molecule has 1 amide bonds. The summed E-state index contributed by atoms with van der Waals surface area (Å²) in [7, 11) is -2.71. The minimum absolute atomic E-state index is 0.0268. The molecule has 30 heavy (non-hydrogen) atoms. The molecule has 0 aliphatic carbocycles. The van der Waals surface area contributed by atoms with Crippen LogP contribution in [0.3, 0.4) is 0 Å². The number of nitrogens with zero attached hydrogens (tertiary/aromatic N) is 2. The Labute approximate surface area is 186 Å². The summed E-state index contributed by atoms with van der Waals surface area (Å²) in [6.45, 7) is 1.68. The number of aromatic nitrogens is 1. The summed E-state index contributed by atoms with van der Waals surface area (Å²) in [5.41, 5.74) is 0.484. The van der Waals surface area contributed by atoms with Gasteiger partial charge in [-0.3, -0.25) is 14.9 Å². The quantitative estimate of drug-likeness (QED) is 0.278. The number of benzene rings is 2. The first-order chi connectivity index (χ1) is 14.2. The van der Waals surface area contributed by atoms with E-state index in [0.717, 1.165) is 3.97 Å². The van der Waals surface area contributed by atoms with E-state index in [1.807, 2.05) is 22.6 Å². The minimum atomic E-state index is -4.02. The molecular weight excluding hydrogens is 525 g/mol. The summed E-state index contributed by atoms with van der Waals surface area (Å²) in [5.74, 6) is -0.183. The van der Waals surface area contributed by atoms with E-state index >= 15 is 0 Å². The normalized spacial score (nSPS) is 11.4. The maximum atomic E-state index is 13.4. The third-order valence-electron chi connectivity index (χ3n) is 4.50. The predicted octanol–water partition coefficient (Wildman–Crippen LogP) is 3.08. The van der Waals surface area contributed by atoms with Crippen LogP contribution in [0.1, 0.15) is 12.5 Å². The summed E-state index contributed by atoms with van der Waals surface area (Å²) >= 11 is 1.92. The van der Waals surface area contributed by atoms with Gasteiger partial charge in [0, 0.05) is 24.9 Å². The predicted molar refractivity (Wildman–Crippen MR) is 119 cm³/mol. The molecule has 0 radical (unpaired) electrons. The number of nitro benzene ring substituents is 1. The largest absolute Gasteiger partial charge is 0.490 e. The summed E-state index contributed by atoms with van der Waals surface area (Å²) in [6.07, 6.45) is 0.340. The molecule has 3 aromatic rings. The molecule has 1 heterocycles. The van der Waals surface area contributed by atoms with Crippen LogP contribution in [0.15, 0.2) is 47.4 Å². The van der Waals surface area contributed by atoms with Crippen molar-refractivity contribution in [2.45, 2.75) is 18.2 Å². The summed E-state index contributed by atoms with van der Waals surface area (Å²) in [4.78, 5) is 22.2.